The summed E-state index contributed by atoms with van der Waals surface area (Å²) < 4.78 is 11.3. The molecular weight excluding hydrogens is 430 g/mol. The van der Waals surface area contributed by atoms with E-state index < -0.39 is 5.97 Å². The highest BCUT2D eigenvalue weighted by atomic mass is 79.9. The second-order valence-corrected chi connectivity index (χ2v) is 8.63. The van der Waals surface area contributed by atoms with Crippen LogP contribution in [0, 0.1) is 0 Å². The second kappa shape index (κ2) is 8.44. The molecule has 0 aliphatic heterocycles. The van der Waals surface area contributed by atoms with Crippen LogP contribution in [0.1, 0.15) is 57.8 Å². The lowest BCUT2D eigenvalue weighted by Crippen LogP contribution is -2.15. The van der Waals surface area contributed by atoms with Crippen LogP contribution < -0.4 is 10.1 Å². The molecule has 0 atom stereocenters. The number of hydrogen-bond acceptors (Lipinski definition) is 5. The number of amides is 1. The van der Waals surface area contributed by atoms with Crippen LogP contribution >= 0.6 is 27.3 Å². The van der Waals surface area contributed by atoms with Crippen LogP contribution in [0.4, 0.5) is 5.00 Å². The minimum Gasteiger partial charge on any atom is -0.490 e. The maximum Gasteiger partial charge on any atom is 0.341 e. The minimum absolute atomic E-state index is 0.0426. The molecule has 0 bridgehead atoms. The van der Waals surface area contributed by atoms with Gasteiger partial charge in [-0.15, -0.1) is 11.3 Å². The Morgan fingerprint density at radius 3 is 2.63 bits per heavy atom. The lowest BCUT2D eigenvalue weighted by atomic mass is 9.95. The number of fused-ring (bicyclic) bond motifs is 1. The summed E-state index contributed by atoms with van der Waals surface area (Å²) >= 11 is 4.92. The zero-order chi connectivity index (χ0) is 19.6. The molecule has 0 unspecified atom stereocenters. The summed E-state index contributed by atoms with van der Waals surface area (Å²) in [6.07, 6.45) is 3.98. The molecule has 0 radical (unpaired) electrons. The van der Waals surface area contributed by atoms with E-state index in [0.29, 0.717) is 26.4 Å². The van der Waals surface area contributed by atoms with E-state index in [4.69, 9.17) is 9.47 Å². The number of benzene rings is 1. The Morgan fingerprint density at radius 2 is 1.96 bits per heavy atom. The van der Waals surface area contributed by atoms with Crippen molar-refractivity contribution >= 4 is 44.1 Å². The van der Waals surface area contributed by atoms with Crippen LogP contribution in [0.5, 0.6) is 5.75 Å². The van der Waals surface area contributed by atoms with Gasteiger partial charge in [0.25, 0.3) is 5.91 Å². The molecule has 1 aliphatic rings. The molecule has 0 saturated heterocycles. The Bertz CT molecular complexity index is 875. The Morgan fingerprint density at radius 1 is 1.22 bits per heavy atom. The number of rotatable bonds is 5. The number of anilines is 1. The van der Waals surface area contributed by atoms with Crippen molar-refractivity contribution in [2.45, 2.75) is 45.6 Å². The van der Waals surface area contributed by atoms with E-state index in [9.17, 15) is 9.59 Å². The summed E-state index contributed by atoms with van der Waals surface area (Å²) in [7, 11) is 1.37. The van der Waals surface area contributed by atoms with Gasteiger partial charge in [0.05, 0.1) is 23.2 Å². The van der Waals surface area contributed by atoms with Crippen molar-refractivity contribution in [1.82, 2.24) is 0 Å². The van der Waals surface area contributed by atoms with E-state index in [2.05, 4.69) is 21.2 Å². The van der Waals surface area contributed by atoms with E-state index in [1.807, 2.05) is 13.8 Å². The monoisotopic (exact) mass is 451 g/mol. The number of thiophene rings is 1. The quantitative estimate of drug-likeness (QED) is 0.633. The topological polar surface area (TPSA) is 64.6 Å². The highest BCUT2D eigenvalue weighted by Gasteiger charge is 2.27. The first-order chi connectivity index (χ1) is 12.9. The number of methoxy groups -OCH3 is 1. The maximum atomic E-state index is 12.8. The molecule has 1 amide bonds. The van der Waals surface area contributed by atoms with Crippen LogP contribution in [0.15, 0.2) is 22.7 Å². The Balaban J connectivity index is 1.87. The van der Waals surface area contributed by atoms with Crippen molar-refractivity contribution in [2.24, 2.45) is 0 Å². The summed E-state index contributed by atoms with van der Waals surface area (Å²) in [6, 6.07) is 5.20. The van der Waals surface area contributed by atoms with Crippen LogP contribution in [-0.4, -0.2) is 25.1 Å². The van der Waals surface area contributed by atoms with Crippen molar-refractivity contribution in [2.75, 3.05) is 12.4 Å². The summed E-state index contributed by atoms with van der Waals surface area (Å²) in [5, 5.41) is 3.47. The average molecular weight is 452 g/mol. The standard InChI is InChI=1S/C20H22BrNO4S/c1-11(2)26-15-9-8-12(10-14(15)21)18(23)22-19-17(20(24)25-3)13-6-4-5-7-16(13)27-19/h8-11H,4-7H2,1-3H3,(H,22,23). The first-order valence-corrected chi connectivity index (χ1v) is 10.5. The predicted octanol–water partition coefficient (Wildman–Crippen LogP) is 5.22. The van der Waals surface area contributed by atoms with Gasteiger partial charge in [0.2, 0.25) is 0 Å². The first-order valence-electron chi connectivity index (χ1n) is 8.91. The van der Waals surface area contributed by atoms with E-state index >= 15 is 0 Å². The fourth-order valence-corrected chi connectivity index (χ4v) is 4.88. The van der Waals surface area contributed by atoms with Gasteiger partial charge in [-0.1, -0.05) is 0 Å². The molecule has 2 aromatic rings. The SMILES string of the molecule is COC(=O)c1c(NC(=O)c2ccc(OC(C)C)c(Br)c2)sc2c1CCCC2. The maximum absolute atomic E-state index is 12.8. The molecule has 144 valence electrons. The van der Waals surface area contributed by atoms with Crippen LogP contribution in [0.2, 0.25) is 0 Å². The van der Waals surface area contributed by atoms with Crippen molar-refractivity contribution in [3.05, 3.63) is 44.2 Å². The summed E-state index contributed by atoms with van der Waals surface area (Å²) in [5.74, 6) is 0.0190. The molecule has 0 fully saturated rings. The largest absolute Gasteiger partial charge is 0.490 e. The van der Waals surface area contributed by atoms with Gasteiger partial charge in [-0.25, -0.2) is 4.79 Å². The smallest absolute Gasteiger partial charge is 0.341 e. The number of halogens is 1. The molecule has 0 saturated carbocycles. The Kier molecular flexibility index (Phi) is 6.22. The lowest BCUT2D eigenvalue weighted by Gasteiger charge is -2.13. The third-order valence-corrected chi connectivity index (χ3v) is 6.17. The molecule has 3 rings (SSSR count). The third-order valence-electron chi connectivity index (χ3n) is 4.34. The van der Waals surface area contributed by atoms with Crippen molar-refractivity contribution in [3.8, 4) is 5.75 Å². The number of aryl methyl sites for hydroxylation is 1. The van der Waals surface area contributed by atoms with Crippen molar-refractivity contribution in [3.63, 3.8) is 0 Å². The number of carbonyl (C=O) groups excluding carboxylic acids is 2. The number of esters is 1. The predicted molar refractivity (Wildman–Crippen MR) is 110 cm³/mol. The van der Waals surface area contributed by atoms with Gasteiger partial charge in [0.15, 0.2) is 0 Å². The zero-order valence-electron chi connectivity index (χ0n) is 15.6. The Labute approximate surface area is 171 Å². The Hall–Kier alpha value is -1.86. The molecule has 5 nitrogen and oxygen atoms in total. The lowest BCUT2D eigenvalue weighted by molar-refractivity contribution is 0.0601. The van der Waals surface area contributed by atoms with E-state index in [-0.39, 0.29) is 12.0 Å². The highest BCUT2D eigenvalue weighted by Crippen LogP contribution is 2.39. The highest BCUT2D eigenvalue weighted by molar-refractivity contribution is 9.10. The van der Waals surface area contributed by atoms with Gasteiger partial charge in [-0.2, -0.15) is 0 Å². The van der Waals surface area contributed by atoms with Gasteiger partial charge < -0.3 is 14.8 Å². The van der Waals surface area contributed by atoms with Gasteiger partial charge in [-0.3, -0.25) is 4.79 Å². The zero-order valence-corrected chi connectivity index (χ0v) is 18.0. The molecule has 0 spiro atoms. The first kappa shape index (κ1) is 19.9. The minimum atomic E-state index is -0.397. The number of nitrogens with one attached hydrogen (secondary N) is 1. The molecule has 1 N–H and O–H groups in total. The van der Waals surface area contributed by atoms with E-state index in [1.165, 1.54) is 23.3 Å². The molecule has 1 aromatic carbocycles. The molecule has 27 heavy (non-hydrogen) atoms. The molecule has 1 heterocycles. The van der Waals surface area contributed by atoms with E-state index in [0.717, 1.165) is 31.2 Å². The van der Waals surface area contributed by atoms with Crippen molar-refractivity contribution < 1.29 is 19.1 Å². The van der Waals surface area contributed by atoms with Gasteiger partial charge in [-0.05, 0) is 79.2 Å². The second-order valence-electron chi connectivity index (χ2n) is 6.67. The van der Waals surface area contributed by atoms with Gasteiger partial charge >= 0.3 is 5.97 Å². The van der Waals surface area contributed by atoms with Crippen LogP contribution in [0.3, 0.4) is 0 Å². The third kappa shape index (κ3) is 4.35. The summed E-state index contributed by atoms with van der Waals surface area (Å²) in [4.78, 5) is 26.2. The van der Waals surface area contributed by atoms with Gasteiger partial charge in [0, 0.05) is 10.4 Å². The normalized spacial score (nSPS) is 13.2. The molecule has 1 aromatic heterocycles. The van der Waals surface area contributed by atoms with Gasteiger partial charge in [0.1, 0.15) is 10.8 Å². The average Bonchev–Trinajstić information content (AvgIpc) is 3.00. The summed E-state index contributed by atoms with van der Waals surface area (Å²) in [5.41, 5.74) is 2.01. The summed E-state index contributed by atoms with van der Waals surface area (Å²) in [6.45, 7) is 3.89. The molecule has 7 heteroatoms. The fraction of sp³-hybridized carbons (Fsp3) is 0.400. The fourth-order valence-electron chi connectivity index (χ4n) is 3.14. The van der Waals surface area contributed by atoms with E-state index in [1.54, 1.807) is 18.2 Å². The molecular formula is C20H22BrNO4S. The molecule has 1 aliphatic carbocycles. The number of ether oxygens (including phenoxy) is 2. The van der Waals surface area contributed by atoms with Crippen molar-refractivity contribution in [1.29, 1.82) is 0 Å². The number of carbonyl (C=O) groups is 2. The number of hydrogen-bond donors (Lipinski definition) is 1. The van der Waals surface area contributed by atoms with Crippen LogP contribution in [-0.2, 0) is 17.6 Å². The van der Waals surface area contributed by atoms with Crippen LogP contribution in [0.25, 0.3) is 0 Å².